The van der Waals surface area contributed by atoms with Gasteiger partial charge in [-0.3, -0.25) is 9.59 Å². The van der Waals surface area contributed by atoms with Gasteiger partial charge in [-0.1, -0.05) is 48.5 Å². The first-order valence-electron chi connectivity index (χ1n) is 11.5. The van der Waals surface area contributed by atoms with Gasteiger partial charge in [-0.15, -0.1) is 0 Å². The summed E-state index contributed by atoms with van der Waals surface area (Å²) in [5.74, 6) is -0.189. The highest BCUT2D eigenvalue weighted by Crippen LogP contribution is 2.44. The lowest BCUT2D eigenvalue weighted by Gasteiger charge is -2.15. The van der Waals surface area contributed by atoms with Gasteiger partial charge in [0.15, 0.2) is 5.78 Å². The number of carbonyl (C=O) groups excluding carboxylic acids is 2. The second-order valence-corrected chi connectivity index (χ2v) is 8.68. The molecule has 1 atom stereocenters. The van der Waals surface area contributed by atoms with Gasteiger partial charge in [-0.25, -0.2) is 4.79 Å². The molecule has 0 spiro atoms. The van der Waals surface area contributed by atoms with Gasteiger partial charge in [0.05, 0.1) is 6.04 Å². The third kappa shape index (κ3) is 6.21. The Kier molecular flexibility index (Phi) is 8.89. The van der Waals surface area contributed by atoms with Gasteiger partial charge in [0, 0.05) is 30.6 Å². The number of hydrogen-bond acceptors (Lipinski definition) is 5. The largest absolute Gasteiger partial charge is 0.449 e. The highest BCUT2D eigenvalue weighted by atomic mass is 32.1. The molecule has 0 bridgehead atoms. The number of hydrogen-bond donors (Lipinski definition) is 3. The quantitative estimate of drug-likeness (QED) is 0.395. The van der Waals surface area contributed by atoms with Crippen LogP contribution in [0.2, 0.25) is 0 Å². The molecule has 184 valence electrons. The molecule has 8 heteroatoms. The molecule has 1 aliphatic carbocycles. The molecule has 0 saturated carbocycles. The van der Waals surface area contributed by atoms with Gasteiger partial charge < -0.3 is 20.8 Å². The minimum Gasteiger partial charge on any atom is -0.449 e. The van der Waals surface area contributed by atoms with Crippen molar-refractivity contribution in [2.75, 3.05) is 13.2 Å². The molecule has 2 aromatic carbocycles. The van der Waals surface area contributed by atoms with Gasteiger partial charge in [0.2, 0.25) is 0 Å². The number of ketones is 1. The molecule has 0 saturated heterocycles. The fraction of sp³-hybridized carbons (Fsp3) is 0.296. The number of alkyl carbamates (subject to hydrolysis) is 1. The number of nitrogens with two attached hydrogens (primary N) is 1. The molecule has 0 fully saturated rings. The van der Waals surface area contributed by atoms with Crippen molar-refractivity contribution in [3.05, 3.63) is 93.4 Å². The summed E-state index contributed by atoms with van der Waals surface area (Å²) in [4.78, 5) is 39.1. The Balaban J connectivity index is 0.00000342. The number of aryl methyl sites for hydroxylation is 1. The number of fused-ring (bicyclic) bond motifs is 3. The maximum atomic E-state index is 12.4. The zero-order chi connectivity index (χ0) is 24.1. The Bertz CT molecular complexity index is 1210. The van der Waals surface area contributed by atoms with Crippen LogP contribution < -0.4 is 16.6 Å². The van der Waals surface area contributed by atoms with Crippen molar-refractivity contribution in [3.8, 4) is 11.1 Å². The maximum Gasteiger partial charge on any atom is 0.407 e. The van der Waals surface area contributed by atoms with Crippen molar-refractivity contribution in [3.63, 3.8) is 0 Å². The lowest BCUT2D eigenvalue weighted by Crippen LogP contribution is -2.34. The molecule has 1 heterocycles. The van der Waals surface area contributed by atoms with Crippen LogP contribution in [0.25, 0.3) is 11.1 Å². The molecule has 7 nitrogen and oxygen atoms in total. The summed E-state index contributed by atoms with van der Waals surface area (Å²) < 4.78 is 5.51. The van der Waals surface area contributed by atoms with Gasteiger partial charge in [-0.2, -0.15) is 13.5 Å². The number of Topliss-reactive ketones (excluding diaryl/α,β-unsaturated/α-hetero) is 1. The Hall–Kier alpha value is -3.36. The molecular formula is C27H31N3O4S. The number of amides is 1. The number of rotatable bonds is 9. The molecule has 4 rings (SSSR count). The van der Waals surface area contributed by atoms with E-state index in [0.29, 0.717) is 24.9 Å². The topological polar surface area (TPSA) is 114 Å². The summed E-state index contributed by atoms with van der Waals surface area (Å²) in [6.07, 6.45) is 2.05. The third-order valence-corrected chi connectivity index (χ3v) is 6.21. The number of nitrogens with one attached hydrogen (secondary N) is 2. The predicted molar refractivity (Wildman–Crippen MR) is 141 cm³/mol. The maximum absolute atomic E-state index is 12.4. The number of aromatic amines is 1. The molecular weight excluding hydrogens is 462 g/mol. The number of carbonyl (C=O) groups is 2. The van der Waals surface area contributed by atoms with E-state index in [-0.39, 0.29) is 43.8 Å². The summed E-state index contributed by atoms with van der Waals surface area (Å²) in [6.45, 7) is 2.45. The monoisotopic (exact) mass is 493 g/mol. The molecule has 1 aromatic heterocycles. The van der Waals surface area contributed by atoms with E-state index in [1.54, 1.807) is 12.3 Å². The van der Waals surface area contributed by atoms with Gasteiger partial charge in [0.1, 0.15) is 6.61 Å². The normalized spacial score (nSPS) is 12.7. The minimum atomic E-state index is -0.691. The van der Waals surface area contributed by atoms with Crippen LogP contribution in [-0.4, -0.2) is 36.1 Å². The van der Waals surface area contributed by atoms with Crippen LogP contribution in [0.15, 0.2) is 65.6 Å². The zero-order valence-corrected chi connectivity index (χ0v) is 20.7. The van der Waals surface area contributed by atoms with Crippen LogP contribution >= 0.6 is 13.5 Å². The lowest BCUT2D eigenvalue weighted by atomic mass is 9.98. The Labute approximate surface area is 211 Å². The highest BCUT2D eigenvalue weighted by Gasteiger charge is 2.29. The van der Waals surface area contributed by atoms with E-state index in [1.165, 1.54) is 11.1 Å². The van der Waals surface area contributed by atoms with E-state index in [2.05, 4.69) is 34.6 Å². The smallest absolute Gasteiger partial charge is 0.407 e. The average Bonchev–Trinajstić information content (AvgIpc) is 3.16. The van der Waals surface area contributed by atoms with Crippen LogP contribution in [0.3, 0.4) is 0 Å². The van der Waals surface area contributed by atoms with E-state index in [1.807, 2.05) is 31.2 Å². The molecule has 1 amide bonds. The number of ether oxygens (including phenoxy) is 1. The van der Waals surface area contributed by atoms with E-state index < -0.39 is 12.1 Å². The summed E-state index contributed by atoms with van der Waals surface area (Å²) in [7, 11) is 0. The standard InChI is InChI=1S/C27H29N3O4.H2S/c1-17-13-18(26(32)30-15-17)14-25(31)24(28)11-6-12-29-27(33)34-16-23-21-9-4-2-7-19(21)20-8-3-5-10-22(20)23;/h2-5,7-10,13,15,23-24H,6,11-12,14,16,28H2,1H3,(H,29,33)(H,30,32);1H2/t24-;/m0./s1. The summed E-state index contributed by atoms with van der Waals surface area (Å²) >= 11 is 0. The Morgan fingerprint density at radius 3 is 2.37 bits per heavy atom. The molecule has 35 heavy (non-hydrogen) atoms. The summed E-state index contributed by atoms with van der Waals surface area (Å²) in [6, 6.07) is 17.4. The first-order chi connectivity index (χ1) is 16.4. The van der Waals surface area contributed by atoms with Crippen molar-refractivity contribution in [2.24, 2.45) is 5.73 Å². The van der Waals surface area contributed by atoms with Gasteiger partial charge in [0.25, 0.3) is 5.56 Å². The van der Waals surface area contributed by atoms with E-state index >= 15 is 0 Å². The molecule has 3 aromatic rings. The average molecular weight is 494 g/mol. The van der Waals surface area contributed by atoms with Crippen molar-refractivity contribution in [1.82, 2.24) is 10.3 Å². The Morgan fingerprint density at radius 1 is 1.09 bits per heavy atom. The molecule has 4 N–H and O–H groups in total. The van der Waals surface area contributed by atoms with Crippen LogP contribution in [0.1, 0.15) is 41.0 Å². The number of H-pyrrole nitrogens is 1. The molecule has 0 radical (unpaired) electrons. The Morgan fingerprint density at radius 2 is 1.71 bits per heavy atom. The third-order valence-electron chi connectivity index (χ3n) is 6.21. The number of pyridine rings is 1. The van der Waals surface area contributed by atoms with Crippen molar-refractivity contribution in [2.45, 2.75) is 38.1 Å². The van der Waals surface area contributed by atoms with Crippen LogP contribution in [0.4, 0.5) is 4.79 Å². The SMILES string of the molecule is Cc1c[nH]c(=O)c(CC(=O)[C@@H](N)CCCNC(=O)OCC2c3ccccc3-c3ccccc32)c1.S. The van der Waals surface area contributed by atoms with Crippen LogP contribution in [0, 0.1) is 6.92 Å². The lowest BCUT2D eigenvalue weighted by molar-refractivity contribution is -0.119. The van der Waals surface area contributed by atoms with Crippen molar-refractivity contribution < 1.29 is 14.3 Å². The first kappa shape index (κ1) is 26.2. The van der Waals surface area contributed by atoms with E-state index in [9.17, 15) is 14.4 Å². The van der Waals surface area contributed by atoms with Crippen molar-refractivity contribution >= 4 is 25.4 Å². The fourth-order valence-corrected chi connectivity index (χ4v) is 4.43. The van der Waals surface area contributed by atoms with Crippen molar-refractivity contribution in [1.29, 1.82) is 0 Å². The molecule has 0 aliphatic heterocycles. The molecule has 0 unspecified atom stereocenters. The number of benzene rings is 2. The zero-order valence-electron chi connectivity index (χ0n) is 19.7. The van der Waals surface area contributed by atoms with Gasteiger partial charge in [-0.05, 0) is 53.6 Å². The predicted octanol–water partition coefficient (Wildman–Crippen LogP) is 3.55. The minimum absolute atomic E-state index is 0. The van der Waals surface area contributed by atoms with Crippen LogP contribution in [-0.2, 0) is 16.0 Å². The van der Waals surface area contributed by atoms with E-state index in [4.69, 9.17) is 10.5 Å². The van der Waals surface area contributed by atoms with Crippen LogP contribution in [0.5, 0.6) is 0 Å². The number of aromatic nitrogens is 1. The second kappa shape index (κ2) is 11.9. The molecule has 1 aliphatic rings. The fourth-order valence-electron chi connectivity index (χ4n) is 4.43. The summed E-state index contributed by atoms with van der Waals surface area (Å²) in [5.41, 5.74) is 11.7. The summed E-state index contributed by atoms with van der Waals surface area (Å²) in [5, 5.41) is 2.73. The van der Waals surface area contributed by atoms with Gasteiger partial charge >= 0.3 is 6.09 Å². The second-order valence-electron chi connectivity index (χ2n) is 8.68. The first-order valence-corrected chi connectivity index (χ1v) is 11.5. The van der Waals surface area contributed by atoms with E-state index in [0.717, 1.165) is 16.7 Å². The highest BCUT2D eigenvalue weighted by molar-refractivity contribution is 7.59.